The van der Waals surface area contributed by atoms with Gasteiger partial charge in [0.2, 0.25) is 0 Å². The van der Waals surface area contributed by atoms with Gasteiger partial charge in [-0.1, -0.05) is 0 Å². The van der Waals surface area contributed by atoms with Gasteiger partial charge in [-0.15, -0.1) is 0 Å². The molecule has 0 spiro atoms. The van der Waals surface area contributed by atoms with Gasteiger partial charge in [0.25, 0.3) is 0 Å². The van der Waals surface area contributed by atoms with Crippen LogP contribution in [0.2, 0.25) is 0 Å². The van der Waals surface area contributed by atoms with Gasteiger partial charge in [-0.2, -0.15) is 0 Å². The van der Waals surface area contributed by atoms with E-state index in [2.05, 4.69) is 93.5 Å². The quantitative estimate of drug-likeness (QED) is 0.374. The van der Waals surface area contributed by atoms with Crippen molar-refractivity contribution in [3.8, 4) is 0 Å². The fourth-order valence-corrected chi connectivity index (χ4v) is 12.3. The molecule has 4 rings (SSSR count). The van der Waals surface area contributed by atoms with Crippen LogP contribution in [0.4, 0.5) is 0 Å². The summed E-state index contributed by atoms with van der Waals surface area (Å²) in [6.45, 7) is 25.1. The van der Waals surface area contributed by atoms with Crippen molar-refractivity contribution in [1.29, 1.82) is 0 Å². The monoisotopic (exact) mass is 622 g/mol. The van der Waals surface area contributed by atoms with E-state index in [4.69, 9.17) is 0 Å². The maximum Gasteiger partial charge on any atom is -1.00 e. The Hall–Kier alpha value is 0.423. The molecular weight excluding hydrogens is 571 g/mol. The van der Waals surface area contributed by atoms with Crippen LogP contribution in [0.15, 0.2) is 42.0 Å². The van der Waals surface area contributed by atoms with Gasteiger partial charge in [-0.3, -0.25) is 0 Å². The summed E-state index contributed by atoms with van der Waals surface area (Å²) in [4.78, 5) is 0. The third-order valence-corrected chi connectivity index (χ3v) is 15.8. The van der Waals surface area contributed by atoms with Crippen LogP contribution < -0.4 is 24.8 Å². The van der Waals surface area contributed by atoms with Crippen LogP contribution in [0.3, 0.4) is 0 Å². The Balaban J connectivity index is 0.00000241. The summed E-state index contributed by atoms with van der Waals surface area (Å²) in [5.74, 6) is 3.24. The molecule has 0 heterocycles. The first-order valence-electron chi connectivity index (χ1n) is 14.8. The van der Waals surface area contributed by atoms with Crippen LogP contribution >= 0.6 is 0 Å². The molecule has 0 aliphatic heterocycles. The summed E-state index contributed by atoms with van der Waals surface area (Å²) in [5.41, 5.74) is 5.31. The molecule has 4 unspecified atom stereocenters. The second kappa shape index (κ2) is 12.1. The summed E-state index contributed by atoms with van der Waals surface area (Å²) < 4.78 is 3.83. The van der Waals surface area contributed by atoms with E-state index in [1.54, 1.807) is 11.1 Å². The summed E-state index contributed by atoms with van der Waals surface area (Å²) in [6.07, 6.45) is 21.1. The Morgan fingerprint density at radius 2 is 1.05 bits per heavy atom. The van der Waals surface area contributed by atoms with Crippen molar-refractivity contribution in [2.75, 3.05) is 0 Å². The van der Waals surface area contributed by atoms with E-state index in [1.807, 2.05) is 6.56 Å². The molecule has 0 N–H and O–H groups in total. The molecule has 208 valence electrons. The van der Waals surface area contributed by atoms with Gasteiger partial charge in [-0.25, -0.2) is 0 Å². The van der Waals surface area contributed by atoms with Crippen molar-refractivity contribution in [3.05, 3.63) is 42.0 Å². The number of allylic oxidation sites excluding steroid dienone is 8. The zero-order valence-electron chi connectivity index (χ0n) is 25.5. The first-order chi connectivity index (χ1) is 16.2. The molecule has 0 aromatic carbocycles. The Labute approximate surface area is 254 Å². The Bertz CT molecular complexity index is 871. The average molecular weight is 625 g/mol. The molecule has 2 saturated carbocycles. The molecule has 3 heteroatoms. The van der Waals surface area contributed by atoms with Gasteiger partial charge in [0, 0.05) is 0 Å². The zero-order chi connectivity index (χ0) is 25.8. The van der Waals surface area contributed by atoms with Crippen molar-refractivity contribution in [2.45, 2.75) is 121 Å². The molecule has 0 nitrogen and oxygen atoms in total. The van der Waals surface area contributed by atoms with Gasteiger partial charge in [-0.05, 0) is 0 Å². The van der Waals surface area contributed by atoms with Crippen LogP contribution in [0.25, 0.3) is 0 Å². The average Bonchev–Trinajstić information content (AvgIpc) is 3.55. The van der Waals surface area contributed by atoms with E-state index in [1.165, 1.54) is 51.4 Å². The molecule has 0 radical (unpaired) electrons. The van der Waals surface area contributed by atoms with Crippen molar-refractivity contribution < 1.29 is 48.0 Å². The van der Waals surface area contributed by atoms with Crippen molar-refractivity contribution >= 4 is 0 Å². The number of hydrogen-bond acceptors (Lipinski definition) is 0. The van der Waals surface area contributed by atoms with Crippen LogP contribution in [-0.2, 0) is 23.2 Å². The van der Waals surface area contributed by atoms with Crippen molar-refractivity contribution in [3.63, 3.8) is 0 Å². The van der Waals surface area contributed by atoms with Crippen LogP contribution in [0, 0.1) is 45.3 Å². The predicted octanol–water partition coefficient (Wildman–Crippen LogP) is 4.48. The van der Waals surface area contributed by atoms with E-state index in [-0.39, 0.29) is 24.8 Å². The molecule has 37 heavy (non-hydrogen) atoms. The minimum absolute atomic E-state index is 0. The van der Waals surface area contributed by atoms with E-state index in [0.717, 1.165) is 23.7 Å². The fraction of sp³-hybridized carbons (Fsp3) is 0.765. The molecule has 0 saturated heterocycles. The van der Waals surface area contributed by atoms with Gasteiger partial charge >= 0.3 is 231 Å². The van der Waals surface area contributed by atoms with Gasteiger partial charge in [0.1, 0.15) is 0 Å². The minimum atomic E-state index is -0.726. The first kappa shape index (κ1) is 33.6. The third-order valence-electron chi connectivity index (χ3n) is 12.0. The molecule has 4 aliphatic rings. The SMILES string of the molecule is CC(C)C(C)(C)C1CCC(C)(C2=[C]([Zr+2][C]3=C(C4(C)CCC(C(C)(C)C(C)C)C4)C=CC3)CC=C2)C1.[Cl-].[Cl-]. The maximum absolute atomic E-state index is 2.62. The fourth-order valence-electron chi connectivity index (χ4n) is 7.74. The standard InChI is InChI=1S/2C17H27.2ClH.Zr/c2*1-13(2)16(3,4)15-10-11-17(5,12-15)14-8-6-7-9-14;;;/h2*6,8,13,15H,7,10-12H2,1-5H3;2*1H;/q;;;;+2/p-2. The van der Waals surface area contributed by atoms with Gasteiger partial charge in [0.15, 0.2) is 0 Å². The Morgan fingerprint density at radius 1 is 0.703 bits per heavy atom. The molecule has 2 fully saturated rings. The van der Waals surface area contributed by atoms with Gasteiger partial charge < -0.3 is 24.8 Å². The minimum Gasteiger partial charge on any atom is -1.00 e. The molecule has 0 aromatic rings. The largest absolute Gasteiger partial charge is 1.00 e. The van der Waals surface area contributed by atoms with Gasteiger partial charge in [0.05, 0.1) is 0 Å². The van der Waals surface area contributed by atoms with Crippen LogP contribution in [-0.4, -0.2) is 0 Å². The summed E-state index contributed by atoms with van der Waals surface area (Å²) in [5, 5.41) is 0. The molecule has 0 amide bonds. The Kier molecular flexibility index (Phi) is 11.0. The van der Waals surface area contributed by atoms with Crippen LogP contribution in [0.5, 0.6) is 0 Å². The second-order valence-corrected chi connectivity index (χ2v) is 18.7. The van der Waals surface area contributed by atoms with E-state index < -0.39 is 23.2 Å². The van der Waals surface area contributed by atoms with E-state index >= 15 is 0 Å². The summed E-state index contributed by atoms with van der Waals surface area (Å²) >= 11 is -0.726. The smallest absolute Gasteiger partial charge is 1.00 e. The maximum atomic E-state index is 2.62. The third kappa shape index (κ3) is 6.35. The Morgan fingerprint density at radius 3 is 1.38 bits per heavy atom. The molecule has 4 aliphatic carbocycles. The number of hydrogen-bond donors (Lipinski definition) is 0. The predicted molar refractivity (Wildman–Crippen MR) is 150 cm³/mol. The summed E-state index contributed by atoms with van der Waals surface area (Å²) in [6, 6.07) is 0. The first-order valence-corrected chi connectivity index (χ1v) is 17.2. The number of rotatable bonds is 8. The number of halogens is 2. The molecular formula is C34H54Cl2Zr. The zero-order valence-corrected chi connectivity index (χ0v) is 29.5. The van der Waals surface area contributed by atoms with Crippen molar-refractivity contribution in [1.82, 2.24) is 0 Å². The summed E-state index contributed by atoms with van der Waals surface area (Å²) in [7, 11) is 0. The van der Waals surface area contributed by atoms with Crippen molar-refractivity contribution in [2.24, 2.45) is 45.3 Å². The molecule has 0 bridgehead atoms. The topological polar surface area (TPSA) is 0 Å². The van der Waals surface area contributed by atoms with E-state index in [0.29, 0.717) is 21.7 Å². The van der Waals surface area contributed by atoms with E-state index in [9.17, 15) is 0 Å². The second-order valence-electron chi connectivity index (χ2n) is 15.1. The molecule has 4 atom stereocenters. The molecule has 0 aromatic heterocycles. The van der Waals surface area contributed by atoms with Crippen LogP contribution in [0.1, 0.15) is 121 Å². The normalized spacial score (nSPS) is 32.0.